The summed E-state index contributed by atoms with van der Waals surface area (Å²) in [5.41, 5.74) is 1.20. The standard InChI is InChI=1S/C9H7ClS2/c1-5-2-6(10)3-8-9(5)7(11)4-12-8/h2-4,11H,1H3. The zero-order valence-corrected chi connectivity index (χ0v) is 8.93. The molecule has 0 saturated carbocycles. The van der Waals surface area contributed by atoms with E-state index in [4.69, 9.17) is 11.6 Å². The van der Waals surface area contributed by atoms with Crippen LogP contribution in [0.4, 0.5) is 0 Å². The minimum absolute atomic E-state index is 0.801. The lowest BCUT2D eigenvalue weighted by atomic mass is 10.1. The van der Waals surface area contributed by atoms with Crippen molar-refractivity contribution in [1.29, 1.82) is 0 Å². The van der Waals surface area contributed by atoms with Crippen LogP contribution in [-0.2, 0) is 0 Å². The first-order valence-corrected chi connectivity index (χ1v) is 5.25. The molecule has 62 valence electrons. The van der Waals surface area contributed by atoms with Crippen LogP contribution < -0.4 is 0 Å². The molecule has 3 heteroatoms. The number of halogens is 1. The summed E-state index contributed by atoms with van der Waals surface area (Å²) in [6.45, 7) is 2.06. The van der Waals surface area contributed by atoms with Crippen molar-refractivity contribution in [2.45, 2.75) is 11.8 Å². The van der Waals surface area contributed by atoms with E-state index < -0.39 is 0 Å². The van der Waals surface area contributed by atoms with E-state index in [1.54, 1.807) is 11.3 Å². The molecule has 0 atom stereocenters. The Morgan fingerprint density at radius 3 is 2.92 bits per heavy atom. The molecule has 1 aromatic heterocycles. The van der Waals surface area contributed by atoms with E-state index in [9.17, 15) is 0 Å². The maximum absolute atomic E-state index is 5.91. The van der Waals surface area contributed by atoms with Gasteiger partial charge in [-0.2, -0.15) is 0 Å². The van der Waals surface area contributed by atoms with Gasteiger partial charge in [-0.15, -0.1) is 24.0 Å². The largest absolute Gasteiger partial charge is 0.143 e. The summed E-state index contributed by atoms with van der Waals surface area (Å²) in [4.78, 5) is 1.05. The normalized spacial score (nSPS) is 10.9. The van der Waals surface area contributed by atoms with E-state index in [0.29, 0.717) is 0 Å². The van der Waals surface area contributed by atoms with Crippen molar-refractivity contribution in [1.82, 2.24) is 0 Å². The van der Waals surface area contributed by atoms with Gasteiger partial charge in [0.25, 0.3) is 0 Å². The summed E-state index contributed by atoms with van der Waals surface area (Å²) >= 11 is 12.0. The van der Waals surface area contributed by atoms with Gasteiger partial charge in [-0.05, 0) is 24.6 Å². The number of thiol groups is 1. The third-order valence-corrected chi connectivity index (χ3v) is 3.49. The van der Waals surface area contributed by atoms with Crippen molar-refractivity contribution in [3.63, 3.8) is 0 Å². The van der Waals surface area contributed by atoms with Crippen molar-refractivity contribution in [2.24, 2.45) is 0 Å². The average Bonchev–Trinajstić information content (AvgIpc) is 2.31. The SMILES string of the molecule is Cc1cc(Cl)cc2scc(S)c12. The van der Waals surface area contributed by atoms with Gasteiger partial charge < -0.3 is 0 Å². The Hall–Kier alpha value is -0.180. The third-order valence-electron chi connectivity index (χ3n) is 1.82. The third kappa shape index (κ3) is 1.24. The Morgan fingerprint density at radius 2 is 2.17 bits per heavy atom. The number of aryl methyl sites for hydroxylation is 1. The van der Waals surface area contributed by atoms with E-state index in [1.807, 2.05) is 17.5 Å². The first-order chi connectivity index (χ1) is 5.68. The van der Waals surface area contributed by atoms with Gasteiger partial charge in [0.15, 0.2) is 0 Å². The van der Waals surface area contributed by atoms with Crippen LogP contribution in [0.25, 0.3) is 10.1 Å². The number of hydrogen-bond acceptors (Lipinski definition) is 2. The van der Waals surface area contributed by atoms with Crippen LogP contribution >= 0.6 is 35.6 Å². The van der Waals surface area contributed by atoms with Gasteiger partial charge in [-0.3, -0.25) is 0 Å². The molecular formula is C9H7ClS2. The Bertz CT molecular complexity index is 431. The van der Waals surface area contributed by atoms with Crippen LogP contribution in [0, 0.1) is 6.92 Å². The highest BCUT2D eigenvalue weighted by molar-refractivity contribution is 7.80. The molecule has 1 aromatic carbocycles. The molecule has 0 aliphatic heterocycles. The van der Waals surface area contributed by atoms with Gasteiger partial charge >= 0.3 is 0 Å². The summed E-state index contributed by atoms with van der Waals surface area (Å²) in [5, 5.41) is 4.07. The lowest BCUT2D eigenvalue weighted by molar-refractivity contribution is 1.50. The van der Waals surface area contributed by atoms with Crippen LogP contribution in [-0.4, -0.2) is 0 Å². The summed E-state index contributed by atoms with van der Waals surface area (Å²) < 4.78 is 1.21. The summed E-state index contributed by atoms with van der Waals surface area (Å²) in [7, 11) is 0. The predicted octanol–water partition coefficient (Wildman–Crippen LogP) is 4.15. The second kappa shape index (κ2) is 2.95. The fraction of sp³-hybridized carbons (Fsp3) is 0.111. The molecule has 0 fully saturated rings. The van der Waals surface area contributed by atoms with Crippen LogP contribution in [0.3, 0.4) is 0 Å². The van der Waals surface area contributed by atoms with Crippen molar-refractivity contribution >= 4 is 45.7 Å². The lowest BCUT2D eigenvalue weighted by Gasteiger charge is -1.97. The monoisotopic (exact) mass is 214 g/mol. The average molecular weight is 215 g/mol. The minimum atomic E-state index is 0.801. The second-order valence-corrected chi connectivity index (χ2v) is 4.55. The van der Waals surface area contributed by atoms with Crippen LogP contribution in [0.5, 0.6) is 0 Å². The molecule has 12 heavy (non-hydrogen) atoms. The van der Waals surface area contributed by atoms with E-state index in [2.05, 4.69) is 19.6 Å². The van der Waals surface area contributed by atoms with Gasteiger partial charge in [0.2, 0.25) is 0 Å². The first kappa shape index (κ1) is 8.42. The number of benzene rings is 1. The highest BCUT2D eigenvalue weighted by atomic mass is 35.5. The molecule has 2 rings (SSSR count). The lowest BCUT2D eigenvalue weighted by Crippen LogP contribution is -1.74. The number of hydrogen-bond donors (Lipinski definition) is 1. The summed E-state index contributed by atoms with van der Waals surface area (Å²) in [5.74, 6) is 0. The molecule has 1 heterocycles. The van der Waals surface area contributed by atoms with Gasteiger partial charge in [-0.1, -0.05) is 11.6 Å². The zero-order chi connectivity index (χ0) is 8.72. The Labute approximate surface area is 85.6 Å². The number of thiophene rings is 1. The van der Waals surface area contributed by atoms with Crippen molar-refractivity contribution in [3.8, 4) is 0 Å². The maximum atomic E-state index is 5.91. The molecule has 0 nitrogen and oxygen atoms in total. The summed E-state index contributed by atoms with van der Waals surface area (Å²) in [6, 6.07) is 3.95. The van der Waals surface area contributed by atoms with E-state index >= 15 is 0 Å². The first-order valence-electron chi connectivity index (χ1n) is 3.55. The van der Waals surface area contributed by atoms with Gasteiger partial charge in [0.1, 0.15) is 0 Å². The van der Waals surface area contributed by atoms with Crippen molar-refractivity contribution < 1.29 is 0 Å². The molecule has 0 aliphatic rings. The summed E-state index contributed by atoms with van der Waals surface area (Å²) in [6.07, 6.45) is 0. The molecular weight excluding hydrogens is 208 g/mol. The molecule has 0 unspecified atom stereocenters. The Morgan fingerprint density at radius 1 is 1.42 bits per heavy atom. The minimum Gasteiger partial charge on any atom is -0.143 e. The quantitative estimate of drug-likeness (QED) is 0.626. The molecule has 0 spiro atoms. The molecule has 2 aromatic rings. The Kier molecular flexibility index (Phi) is 2.07. The molecule has 0 radical (unpaired) electrons. The highest BCUT2D eigenvalue weighted by Crippen LogP contribution is 2.33. The van der Waals surface area contributed by atoms with E-state index in [-0.39, 0.29) is 0 Å². The molecule has 0 bridgehead atoms. The fourth-order valence-electron chi connectivity index (χ4n) is 1.31. The van der Waals surface area contributed by atoms with Crippen LogP contribution in [0.2, 0.25) is 5.02 Å². The van der Waals surface area contributed by atoms with Gasteiger partial charge in [0, 0.05) is 25.4 Å². The zero-order valence-electron chi connectivity index (χ0n) is 6.47. The van der Waals surface area contributed by atoms with Crippen LogP contribution in [0.15, 0.2) is 22.4 Å². The number of fused-ring (bicyclic) bond motifs is 1. The maximum Gasteiger partial charge on any atom is 0.0423 e. The molecule has 0 amide bonds. The highest BCUT2D eigenvalue weighted by Gasteiger charge is 2.04. The fourth-order valence-corrected chi connectivity index (χ4v) is 3.12. The Balaban J connectivity index is 2.93. The van der Waals surface area contributed by atoms with Crippen molar-refractivity contribution in [3.05, 3.63) is 28.1 Å². The van der Waals surface area contributed by atoms with Crippen molar-refractivity contribution in [2.75, 3.05) is 0 Å². The molecule has 0 aliphatic carbocycles. The van der Waals surface area contributed by atoms with Gasteiger partial charge in [0.05, 0.1) is 0 Å². The second-order valence-electron chi connectivity index (χ2n) is 2.72. The topological polar surface area (TPSA) is 0 Å². The molecule has 0 saturated heterocycles. The van der Waals surface area contributed by atoms with Crippen LogP contribution in [0.1, 0.15) is 5.56 Å². The van der Waals surface area contributed by atoms with E-state index in [0.717, 1.165) is 9.92 Å². The van der Waals surface area contributed by atoms with Gasteiger partial charge in [-0.25, -0.2) is 0 Å². The molecule has 0 N–H and O–H groups in total. The predicted molar refractivity (Wildman–Crippen MR) is 58.8 cm³/mol. The van der Waals surface area contributed by atoms with E-state index in [1.165, 1.54) is 15.6 Å². The number of rotatable bonds is 0. The smallest absolute Gasteiger partial charge is 0.0423 e.